The monoisotopic (exact) mass is 370 g/mol. The van der Waals surface area contributed by atoms with Crippen LogP contribution in [0.3, 0.4) is 0 Å². The molecule has 4 heteroatoms. The Bertz CT molecular complexity index is 730. The molecule has 0 bridgehead atoms. The summed E-state index contributed by atoms with van der Waals surface area (Å²) in [5, 5.41) is 2.23. The van der Waals surface area contributed by atoms with E-state index in [9.17, 15) is 4.79 Å². The molecule has 1 aliphatic heterocycles. The Hall–Kier alpha value is -1.81. The summed E-state index contributed by atoms with van der Waals surface area (Å²) in [5.74, 6) is 1.82. The van der Waals surface area contributed by atoms with Crippen LogP contribution in [-0.4, -0.2) is 25.7 Å². The Kier molecular flexibility index (Phi) is 5.02. The van der Waals surface area contributed by atoms with Crippen LogP contribution in [0.4, 0.5) is 0 Å². The molecule has 0 amide bonds. The normalized spacial score (nSPS) is 35.3. The lowest BCUT2D eigenvalue weighted by Gasteiger charge is -2.49. The second-order valence-corrected chi connectivity index (χ2v) is 8.94. The fraction of sp³-hybridized carbons (Fsp3) is 0.609. The summed E-state index contributed by atoms with van der Waals surface area (Å²) in [6.07, 6.45) is 5.80. The van der Waals surface area contributed by atoms with Crippen molar-refractivity contribution >= 4 is 5.97 Å². The highest BCUT2D eigenvalue weighted by atomic mass is 16.6. The number of carbonyl (C=O) groups excluding carboxylic acids is 1. The number of para-hydroxylation sites is 1. The molecule has 0 spiro atoms. The van der Waals surface area contributed by atoms with E-state index < -0.39 is 0 Å². The molecule has 4 nitrogen and oxygen atoms in total. The summed E-state index contributed by atoms with van der Waals surface area (Å²) >= 11 is 0. The highest BCUT2D eigenvalue weighted by Crippen LogP contribution is 2.56. The smallest absolute Gasteiger partial charge is 0.315 e. The van der Waals surface area contributed by atoms with Crippen molar-refractivity contribution in [1.29, 1.82) is 0 Å². The van der Waals surface area contributed by atoms with Gasteiger partial charge in [-0.1, -0.05) is 31.2 Å². The van der Waals surface area contributed by atoms with E-state index in [1.807, 2.05) is 18.2 Å². The molecule has 1 heterocycles. The number of hydrogen-bond donors (Lipinski definition) is 1. The zero-order valence-corrected chi connectivity index (χ0v) is 16.6. The molecule has 4 rings (SSSR count). The van der Waals surface area contributed by atoms with E-state index in [-0.39, 0.29) is 23.4 Å². The van der Waals surface area contributed by atoms with E-state index >= 15 is 0 Å². The quantitative estimate of drug-likeness (QED) is 0.640. The van der Waals surface area contributed by atoms with Crippen molar-refractivity contribution in [2.75, 3.05) is 13.7 Å². The molecule has 1 aromatic rings. The molecule has 2 N–H and O–H groups in total. The molecule has 146 valence electrons. The average Bonchev–Trinajstić information content (AvgIpc) is 2.94. The minimum atomic E-state index is 0.00369. The number of rotatable bonds is 5. The van der Waals surface area contributed by atoms with Crippen LogP contribution in [0.2, 0.25) is 0 Å². The molecule has 1 aromatic carbocycles. The highest BCUT2D eigenvalue weighted by molar-refractivity contribution is 5.75. The van der Waals surface area contributed by atoms with Crippen LogP contribution in [-0.2, 0) is 16.1 Å². The summed E-state index contributed by atoms with van der Waals surface area (Å²) in [6, 6.07) is 8.09. The zero-order chi connectivity index (χ0) is 19.0. The van der Waals surface area contributed by atoms with Crippen LogP contribution in [0, 0.1) is 23.2 Å². The minimum Gasteiger partial charge on any atom is -0.496 e. The number of allylic oxidation sites excluding steroid dienone is 1. The van der Waals surface area contributed by atoms with Crippen molar-refractivity contribution in [3.63, 3.8) is 0 Å². The third-order valence-electron chi connectivity index (χ3n) is 7.30. The van der Waals surface area contributed by atoms with Gasteiger partial charge in [0.2, 0.25) is 0 Å². The predicted molar refractivity (Wildman–Crippen MR) is 104 cm³/mol. The van der Waals surface area contributed by atoms with Gasteiger partial charge in [0.1, 0.15) is 24.3 Å². The zero-order valence-electron chi connectivity index (χ0n) is 16.6. The number of nitrogens with two attached hydrogens (primary N) is 1. The Morgan fingerprint density at radius 1 is 1.37 bits per heavy atom. The largest absolute Gasteiger partial charge is 0.496 e. The first-order chi connectivity index (χ1) is 13.0. The maximum Gasteiger partial charge on any atom is 0.315 e. The molecule has 2 aliphatic carbocycles. The first-order valence-corrected chi connectivity index (χ1v) is 10.3. The van der Waals surface area contributed by atoms with E-state index in [0.29, 0.717) is 11.8 Å². The Labute approximate surface area is 162 Å². The van der Waals surface area contributed by atoms with Gasteiger partial charge in [0.15, 0.2) is 0 Å². The van der Waals surface area contributed by atoms with Crippen LogP contribution in [0.1, 0.15) is 44.6 Å². The molecule has 0 unspecified atom stereocenters. The fourth-order valence-electron chi connectivity index (χ4n) is 5.82. The second-order valence-electron chi connectivity index (χ2n) is 8.94. The SMILES string of the molecule is C=C1CCC[C@]2(C)C[C@H]3OC(=O)[C@H](C[NH2+]Cc4ccccc4OC)[C@H]3C[C@H]12. The van der Waals surface area contributed by atoms with Crippen molar-refractivity contribution < 1.29 is 19.6 Å². The van der Waals surface area contributed by atoms with Gasteiger partial charge in [0, 0.05) is 11.5 Å². The van der Waals surface area contributed by atoms with Gasteiger partial charge in [-0.15, -0.1) is 0 Å². The van der Waals surface area contributed by atoms with Crippen LogP contribution in [0.5, 0.6) is 5.75 Å². The second kappa shape index (κ2) is 7.31. The fourth-order valence-corrected chi connectivity index (χ4v) is 5.82. The van der Waals surface area contributed by atoms with E-state index in [0.717, 1.165) is 38.1 Å². The number of carbonyl (C=O) groups is 1. The van der Waals surface area contributed by atoms with E-state index in [4.69, 9.17) is 9.47 Å². The van der Waals surface area contributed by atoms with Crippen LogP contribution < -0.4 is 10.1 Å². The number of ether oxygens (including phenoxy) is 2. The van der Waals surface area contributed by atoms with Gasteiger partial charge in [-0.3, -0.25) is 4.79 Å². The lowest BCUT2D eigenvalue weighted by molar-refractivity contribution is -0.675. The number of fused-ring (bicyclic) bond motifs is 2. The minimum absolute atomic E-state index is 0.00369. The van der Waals surface area contributed by atoms with Gasteiger partial charge >= 0.3 is 5.97 Å². The standard InChI is InChI=1S/C23H31NO3/c1-15-7-6-10-23(2)12-21-17(11-19(15)23)18(22(25)27-21)14-24-13-16-8-4-5-9-20(16)26-3/h4-5,8-9,17-19,21,24H,1,6-7,10-14H2,2-3H3/p+1/t17-,18-,19-,21-,23-/m1/s1. The van der Waals surface area contributed by atoms with Gasteiger partial charge in [-0.2, -0.15) is 0 Å². The molecular weight excluding hydrogens is 338 g/mol. The van der Waals surface area contributed by atoms with Crippen molar-refractivity contribution in [1.82, 2.24) is 0 Å². The van der Waals surface area contributed by atoms with Gasteiger partial charge in [0.05, 0.1) is 13.7 Å². The van der Waals surface area contributed by atoms with Gasteiger partial charge < -0.3 is 14.8 Å². The summed E-state index contributed by atoms with van der Waals surface area (Å²) in [7, 11) is 1.70. The van der Waals surface area contributed by atoms with Crippen LogP contribution in [0.15, 0.2) is 36.4 Å². The third-order valence-corrected chi connectivity index (χ3v) is 7.30. The third kappa shape index (κ3) is 3.40. The molecule has 3 fully saturated rings. The number of benzene rings is 1. The molecule has 2 saturated carbocycles. The Balaban J connectivity index is 1.42. The van der Waals surface area contributed by atoms with Crippen molar-refractivity contribution in [3.8, 4) is 5.75 Å². The van der Waals surface area contributed by atoms with Gasteiger partial charge in [0.25, 0.3) is 0 Å². The molecule has 0 radical (unpaired) electrons. The number of methoxy groups -OCH3 is 1. The van der Waals surface area contributed by atoms with Crippen LogP contribution >= 0.6 is 0 Å². The summed E-state index contributed by atoms with van der Waals surface area (Å²) in [4.78, 5) is 12.6. The Morgan fingerprint density at radius 3 is 3.00 bits per heavy atom. The lowest BCUT2D eigenvalue weighted by Crippen LogP contribution is -2.84. The summed E-state index contributed by atoms with van der Waals surface area (Å²) < 4.78 is 11.3. The number of quaternary nitrogens is 1. The molecule has 27 heavy (non-hydrogen) atoms. The number of esters is 1. The summed E-state index contributed by atoms with van der Waals surface area (Å²) in [6.45, 7) is 8.36. The molecule has 1 saturated heterocycles. The van der Waals surface area contributed by atoms with Crippen molar-refractivity contribution in [2.24, 2.45) is 23.2 Å². The van der Waals surface area contributed by atoms with Crippen molar-refractivity contribution in [3.05, 3.63) is 42.0 Å². The first kappa shape index (κ1) is 18.5. The lowest BCUT2D eigenvalue weighted by atomic mass is 9.55. The van der Waals surface area contributed by atoms with E-state index in [1.54, 1.807) is 7.11 Å². The average molecular weight is 371 g/mol. The highest BCUT2D eigenvalue weighted by Gasteiger charge is 2.55. The molecule has 3 aliphatic rings. The summed E-state index contributed by atoms with van der Waals surface area (Å²) in [5.41, 5.74) is 2.84. The maximum absolute atomic E-state index is 12.6. The van der Waals surface area contributed by atoms with Gasteiger partial charge in [-0.05, 0) is 55.6 Å². The van der Waals surface area contributed by atoms with Gasteiger partial charge in [-0.25, -0.2) is 0 Å². The predicted octanol–water partition coefficient (Wildman–Crippen LogP) is 3.07. The first-order valence-electron chi connectivity index (χ1n) is 10.3. The maximum atomic E-state index is 12.6. The molecule has 0 aromatic heterocycles. The van der Waals surface area contributed by atoms with Crippen LogP contribution in [0.25, 0.3) is 0 Å². The van der Waals surface area contributed by atoms with E-state index in [1.165, 1.54) is 24.0 Å². The van der Waals surface area contributed by atoms with E-state index in [2.05, 4.69) is 24.9 Å². The molecular formula is C23H32NO3+. The number of hydrogen-bond acceptors (Lipinski definition) is 3. The van der Waals surface area contributed by atoms with Crippen molar-refractivity contribution in [2.45, 2.75) is 51.7 Å². The Morgan fingerprint density at radius 2 is 2.19 bits per heavy atom. The molecule has 5 atom stereocenters. The topological polar surface area (TPSA) is 52.1 Å².